The molecule has 2 heterocycles. The van der Waals surface area contributed by atoms with E-state index in [9.17, 15) is 0 Å². The molecule has 0 bridgehead atoms. The molecule has 5 rings (SSSR count). The highest BCUT2D eigenvalue weighted by molar-refractivity contribution is 5.90. The molecule has 1 saturated carbocycles. The summed E-state index contributed by atoms with van der Waals surface area (Å²) in [6.07, 6.45) is 11.3. The zero-order valence-electron chi connectivity index (χ0n) is 20.2. The van der Waals surface area contributed by atoms with Crippen LogP contribution in [-0.4, -0.2) is 9.97 Å². The molecule has 1 atom stereocenters. The number of nitrogens with zero attached hydrogens (tertiary/aromatic N) is 2. The molecule has 5 nitrogen and oxygen atoms in total. The summed E-state index contributed by atoms with van der Waals surface area (Å²) in [7, 11) is 0. The van der Waals surface area contributed by atoms with Gasteiger partial charge < -0.3 is 16.8 Å². The van der Waals surface area contributed by atoms with Crippen LogP contribution in [0.4, 0.5) is 5.69 Å². The van der Waals surface area contributed by atoms with E-state index in [1.54, 1.807) is 6.20 Å². The molecule has 5 N–H and O–H groups in total. The van der Waals surface area contributed by atoms with Crippen LogP contribution in [-0.2, 0) is 0 Å². The zero-order valence-corrected chi connectivity index (χ0v) is 20.2. The van der Waals surface area contributed by atoms with Gasteiger partial charge in [-0.05, 0) is 80.2 Å². The average Bonchev–Trinajstić information content (AvgIpc) is 3.73. The normalized spacial score (nSPS) is 15.0. The summed E-state index contributed by atoms with van der Waals surface area (Å²) in [4.78, 5) is 9.38. The molecule has 1 fully saturated rings. The molecule has 4 aromatic rings. The van der Waals surface area contributed by atoms with Crippen molar-refractivity contribution in [1.29, 1.82) is 0 Å². The summed E-state index contributed by atoms with van der Waals surface area (Å²) in [5, 5.41) is 6.04. The molecule has 0 amide bonds. The Kier molecular flexibility index (Phi) is 6.23. The number of aryl methyl sites for hydroxylation is 1. The number of hydrogen-bond acceptors (Lipinski definition) is 5. The van der Waals surface area contributed by atoms with E-state index in [0.29, 0.717) is 5.92 Å². The number of para-hydroxylation sites is 1. The summed E-state index contributed by atoms with van der Waals surface area (Å²) in [5.41, 5.74) is 20.1. The number of rotatable bonds is 7. The minimum atomic E-state index is 0.0501. The molecule has 176 valence electrons. The van der Waals surface area contributed by atoms with Gasteiger partial charge in [-0.2, -0.15) is 0 Å². The highest BCUT2D eigenvalue weighted by Crippen LogP contribution is 2.40. The Bertz CT molecular complexity index is 1430. The van der Waals surface area contributed by atoms with Gasteiger partial charge in [-0.15, -0.1) is 0 Å². The van der Waals surface area contributed by atoms with E-state index in [1.165, 1.54) is 41.2 Å². The van der Waals surface area contributed by atoms with Crippen molar-refractivity contribution in [1.82, 2.24) is 9.97 Å². The topological polar surface area (TPSA) is 89.8 Å². The van der Waals surface area contributed by atoms with Crippen molar-refractivity contribution in [3.63, 3.8) is 0 Å². The number of allylic oxidation sites excluding steroid dienone is 2. The van der Waals surface area contributed by atoms with Crippen molar-refractivity contribution >= 4 is 22.0 Å². The standard InChI is InChI=1S/C30H31N5/c1-19-13-24-18-34-30(22-10-12-33-29(15-22)21-7-8-21)16-27(24)26(14-19)20(2)35-28-6-4-3-5-25(28)23(17-32)9-11-31/h3-6,9-18,20-21,35H,7-8,31-32H2,1-2H3/b11-9-,23-17+. The Morgan fingerprint density at radius 1 is 1.06 bits per heavy atom. The van der Waals surface area contributed by atoms with Gasteiger partial charge in [0.05, 0.1) is 5.69 Å². The van der Waals surface area contributed by atoms with Crippen LogP contribution >= 0.6 is 0 Å². The highest BCUT2D eigenvalue weighted by Gasteiger charge is 2.25. The van der Waals surface area contributed by atoms with E-state index < -0.39 is 0 Å². The van der Waals surface area contributed by atoms with Crippen molar-refractivity contribution in [3.05, 3.63) is 108 Å². The van der Waals surface area contributed by atoms with Crippen LogP contribution in [0.3, 0.4) is 0 Å². The minimum absolute atomic E-state index is 0.0501. The predicted molar refractivity (Wildman–Crippen MR) is 146 cm³/mol. The molecule has 0 radical (unpaired) electrons. The van der Waals surface area contributed by atoms with Gasteiger partial charge >= 0.3 is 0 Å². The third-order valence-corrected chi connectivity index (χ3v) is 6.62. The molecule has 35 heavy (non-hydrogen) atoms. The van der Waals surface area contributed by atoms with Gasteiger partial charge in [-0.1, -0.05) is 29.8 Å². The van der Waals surface area contributed by atoms with Gasteiger partial charge in [0.1, 0.15) is 0 Å². The van der Waals surface area contributed by atoms with Crippen LogP contribution < -0.4 is 16.8 Å². The second-order valence-electron chi connectivity index (χ2n) is 9.28. The Hall–Kier alpha value is -4.12. The van der Waals surface area contributed by atoms with E-state index in [4.69, 9.17) is 16.5 Å². The van der Waals surface area contributed by atoms with Crippen LogP contribution in [0.2, 0.25) is 0 Å². The summed E-state index contributed by atoms with van der Waals surface area (Å²) in [6, 6.07) is 19.1. The van der Waals surface area contributed by atoms with Gasteiger partial charge in [0.15, 0.2) is 0 Å². The van der Waals surface area contributed by atoms with Gasteiger partial charge in [-0.3, -0.25) is 9.97 Å². The van der Waals surface area contributed by atoms with E-state index in [0.717, 1.165) is 33.5 Å². The SMILES string of the molecule is Cc1cc(C(C)Nc2ccccc2C(/C=C\N)=C/N)c2cc(-c3ccnc(C4CC4)c3)ncc2c1. The number of fused-ring (bicyclic) bond motifs is 1. The Morgan fingerprint density at radius 3 is 2.66 bits per heavy atom. The number of benzene rings is 2. The van der Waals surface area contributed by atoms with Gasteiger partial charge in [0.2, 0.25) is 0 Å². The van der Waals surface area contributed by atoms with Crippen molar-refractivity contribution in [2.75, 3.05) is 5.32 Å². The lowest BCUT2D eigenvalue weighted by atomic mass is 9.95. The van der Waals surface area contributed by atoms with Gasteiger partial charge in [0.25, 0.3) is 0 Å². The molecule has 2 aromatic heterocycles. The Morgan fingerprint density at radius 2 is 1.89 bits per heavy atom. The third kappa shape index (κ3) is 4.76. The minimum Gasteiger partial charge on any atom is -0.405 e. The molecule has 1 unspecified atom stereocenters. The first-order valence-corrected chi connectivity index (χ1v) is 12.1. The van der Waals surface area contributed by atoms with Crippen molar-refractivity contribution in [2.45, 2.75) is 38.6 Å². The second-order valence-corrected chi connectivity index (χ2v) is 9.28. The third-order valence-electron chi connectivity index (χ3n) is 6.62. The molecule has 0 saturated heterocycles. The maximum Gasteiger partial charge on any atom is 0.0709 e. The van der Waals surface area contributed by atoms with Crippen LogP contribution in [0.1, 0.15) is 54.1 Å². The number of anilines is 1. The largest absolute Gasteiger partial charge is 0.405 e. The maximum atomic E-state index is 5.89. The van der Waals surface area contributed by atoms with Crippen LogP contribution in [0.25, 0.3) is 27.6 Å². The smallest absolute Gasteiger partial charge is 0.0709 e. The monoisotopic (exact) mass is 461 g/mol. The number of nitrogens with two attached hydrogens (primary N) is 2. The van der Waals surface area contributed by atoms with E-state index in [2.05, 4.69) is 60.5 Å². The van der Waals surface area contributed by atoms with Gasteiger partial charge in [-0.25, -0.2) is 0 Å². The van der Waals surface area contributed by atoms with E-state index in [1.807, 2.05) is 36.7 Å². The molecule has 0 spiro atoms. The number of nitrogens with one attached hydrogen (secondary N) is 1. The number of pyridine rings is 2. The predicted octanol–water partition coefficient (Wildman–Crippen LogP) is 6.43. The van der Waals surface area contributed by atoms with E-state index >= 15 is 0 Å². The second kappa shape index (κ2) is 9.63. The van der Waals surface area contributed by atoms with Crippen LogP contribution in [0.5, 0.6) is 0 Å². The quantitative estimate of drug-likeness (QED) is 0.276. The van der Waals surface area contributed by atoms with Crippen LogP contribution in [0.15, 0.2) is 85.5 Å². The highest BCUT2D eigenvalue weighted by atomic mass is 14.9. The molecular formula is C30H31N5. The Balaban J connectivity index is 1.54. The van der Waals surface area contributed by atoms with Crippen molar-refractivity contribution in [2.24, 2.45) is 11.5 Å². The fourth-order valence-electron chi connectivity index (χ4n) is 4.68. The summed E-state index contributed by atoms with van der Waals surface area (Å²) >= 11 is 0. The van der Waals surface area contributed by atoms with E-state index in [-0.39, 0.29) is 6.04 Å². The first kappa shape index (κ1) is 22.7. The lowest BCUT2D eigenvalue weighted by Gasteiger charge is -2.21. The Labute approximate surface area is 206 Å². The summed E-state index contributed by atoms with van der Waals surface area (Å²) < 4.78 is 0. The van der Waals surface area contributed by atoms with Crippen LogP contribution in [0, 0.1) is 6.92 Å². The summed E-state index contributed by atoms with van der Waals surface area (Å²) in [5.74, 6) is 0.611. The fraction of sp³-hybridized carbons (Fsp3) is 0.200. The average molecular weight is 462 g/mol. The van der Waals surface area contributed by atoms with Crippen molar-refractivity contribution in [3.8, 4) is 11.3 Å². The number of hydrogen-bond donors (Lipinski definition) is 3. The lowest BCUT2D eigenvalue weighted by Crippen LogP contribution is -2.09. The molecular weight excluding hydrogens is 430 g/mol. The lowest BCUT2D eigenvalue weighted by molar-refractivity contribution is 0.892. The first-order valence-electron chi connectivity index (χ1n) is 12.1. The number of aromatic nitrogens is 2. The molecule has 2 aromatic carbocycles. The molecule has 5 heteroatoms. The van der Waals surface area contributed by atoms with Crippen molar-refractivity contribution < 1.29 is 0 Å². The first-order chi connectivity index (χ1) is 17.1. The molecule has 1 aliphatic carbocycles. The molecule has 1 aliphatic rings. The maximum absolute atomic E-state index is 5.89. The fourth-order valence-corrected chi connectivity index (χ4v) is 4.68. The zero-order chi connectivity index (χ0) is 24.4. The molecule has 0 aliphatic heterocycles. The van der Waals surface area contributed by atoms with Gasteiger partial charge in [0, 0.05) is 64.0 Å². The summed E-state index contributed by atoms with van der Waals surface area (Å²) in [6.45, 7) is 4.32.